The van der Waals surface area contributed by atoms with Crippen molar-refractivity contribution in [2.45, 2.75) is 80.1 Å². The molecule has 1 nitrogen and oxygen atoms in total. The van der Waals surface area contributed by atoms with Gasteiger partial charge in [0.25, 0.3) is 0 Å². The van der Waals surface area contributed by atoms with Gasteiger partial charge < -0.3 is 0 Å². The first-order valence-corrected chi connectivity index (χ1v) is 12.6. The van der Waals surface area contributed by atoms with Gasteiger partial charge in [-0.2, -0.15) is 0 Å². The highest BCUT2D eigenvalue weighted by atomic mass is 32.1. The molecule has 4 rings (SSSR count). The molecule has 0 saturated heterocycles. The summed E-state index contributed by atoms with van der Waals surface area (Å²) >= 11 is 3.70. The van der Waals surface area contributed by atoms with Crippen molar-refractivity contribution in [1.29, 1.82) is 0 Å². The number of hydrogen-bond acceptors (Lipinski definition) is 3. The Bertz CT molecular complexity index is 860. The monoisotopic (exact) mass is 441 g/mol. The van der Waals surface area contributed by atoms with Crippen molar-refractivity contribution in [2.75, 3.05) is 0 Å². The van der Waals surface area contributed by atoms with Gasteiger partial charge in [0.2, 0.25) is 0 Å². The molecule has 164 valence electrons. The van der Waals surface area contributed by atoms with Crippen LogP contribution in [0.1, 0.15) is 79.1 Å². The predicted molar refractivity (Wildman–Crippen MR) is 142 cm³/mol. The summed E-state index contributed by atoms with van der Waals surface area (Å²) in [4.78, 5) is 6.07. The van der Waals surface area contributed by atoms with Gasteiger partial charge in [0, 0.05) is 15.0 Å². The van der Waals surface area contributed by atoms with E-state index < -0.39 is 0 Å². The van der Waals surface area contributed by atoms with Gasteiger partial charge in [0.1, 0.15) is 0 Å². The highest BCUT2D eigenvalue weighted by Crippen LogP contribution is 2.34. The number of rotatable bonds is 0. The van der Waals surface area contributed by atoms with Gasteiger partial charge in [-0.25, -0.2) is 4.98 Å². The molecule has 0 atom stereocenters. The maximum Gasteiger partial charge on any atom is 0.0992 e. The molecule has 0 unspecified atom stereocenters. The summed E-state index contributed by atoms with van der Waals surface area (Å²) in [6.45, 7) is 21.4. The predicted octanol–water partition coefficient (Wildman–Crippen LogP) is 9.84. The number of thiazole rings is 1. The number of para-hydroxylation sites is 1. The van der Waals surface area contributed by atoms with Crippen LogP contribution < -0.4 is 0 Å². The fourth-order valence-electron chi connectivity index (χ4n) is 2.54. The van der Waals surface area contributed by atoms with Crippen LogP contribution in [0.4, 0.5) is 0 Å². The zero-order valence-electron chi connectivity index (χ0n) is 20.5. The largest absolute Gasteiger partial charge is 0.241 e. The first-order valence-electron chi connectivity index (χ1n) is 11.0. The van der Waals surface area contributed by atoms with E-state index in [0.717, 1.165) is 5.52 Å². The summed E-state index contributed by atoms with van der Waals surface area (Å²) < 4.78 is 2.68. The quantitative estimate of drug-likeness (QED) is 0.264. The summed E-state index contributed by atoms with van der Waals surface area (Å²) in [6, 6.07) is 19.2. The molecule has 2 heterocycles. The second-order valence-corrected chi connectivity index (χ2v) is 10.7. The van der Waals surface area contributed by atoms with Gasteiger partial charge in [0.15, 0.2) is 0 Å². The molecule has 3 heteroatoms. The molecular formula is C27H39NS2. The van der Waals surface area contributed by atoms with Crippen molar-refractivity contribution in [1.82, 2.24) is 4.98 Å². The number of aromatic nitrogens is 1. The third-order valence-corrected chi connectivity index (χ3v) is 7.10. The fourth-order valence-corrected chi connectivity index (χ4v) is 4.69. The first-order chi connectivity index (χ1) is 14.1. The van der Waals surface area contributed by atoms with E-state index in [9.17, 15) is 0 Å². The molecule has 2 aromatic heterocycles. The molecule has 0 N–H and O–H groups in total. The van der Waals surface area contributed by atoms with Crippen LogP contribution in [0.2, 0.25) is 0 Å². The molecule has 0 bridgehead atoms. The zero-order valence-corrected chi connectivity index (χ0v) is 22.1. The maximum atomic E-state index is 4.60. The summed E-state index contributed by atoms with van der Waals surface area (Å²) in [5.74, 6) is 0. The average Bonchev–Trinajstić information content (AvgIpc) is 3.35. The van der Waals surface area contributed by atoms with Gasteiger partial charge in [-0.3, -0.25) is 0 Å². The van der Waals surface area contributed by atoms with Gasteiger partial charge in [0.05, 0.1) is 15.2 Å². The molecule has 30 heavy (non-hydrogen) atoms. The summed E-state index contributed by atoms with van der Waals surface area (Å²) in [7, 11) is 0. The normalized spacial score (nSPS) is 11.0. The molecule has 0 aliphatic heterocycles. The Hall–Kier alpha value is -1.71. The maximum absolute atomic E-state index is 4.60. The van der Waals surface area contributed by atoms with Crippen molar-refractivity contribution < 1.29 is 0 Å². The third-order valence-electron chi connectivity index (χ3n) is 4.10. The zero-order chi connectivity index (χ0) is 22.9. The highest BCUT2D eigenvalue weighted by Gasteiger charge is 2.18. The average molecular weight is 442 g/mol. The van der Waals surface area contributed by atoms with Crippen LogP contribution in [0.3, 0.4) is 0 Å². The molecule has 2 aromatic carbocycles. The Morgan fingerprint density at radius 1 is 0.633 bits per heavy atom. The van der Waals surface area contributed by atoms with E-state index in [1.165, 1.54) is 24.7 Å². The minimum atomic E-state index is 0.170. The lowest BCUT2D eigenvalue weighted by molar-refractivity contribution is 0.587. The van der Waals surface area contributed by atoms with Crippen LogP contribution in [0.5, 0.6) is 0 Å². The van der Waals surface area contributed by atoms with Gasteiger partial charge in [-0.15, -0.1) is 22.7 Å². The lowest BCUT2D eigenvalue weighted by Crippen LogP contribution is -2.09. The second-order valence-electron chi connectivity index (χ2n) is 8.64. The Morgan fingerprint density at radius 2 is 1.17 bits per heavy atom. The summed E-state index contributed by atoms with van der Waals surface area (Å²) in [5.41, 5.74) is 1.57. The van der Waals surface area contributed by atoms with Crippen LogP contribution in [0.15, 0.2) is 54.6 Å². The van der Waals surface area contributed by atoms with E-state index in [-0.39, 0.29) is 10.8 Å². The highest BCUT2D eigenvalue weighted by molar-refractivity contribution is 7.19. The van der Waals surface area contributed by atoms with Crippen LogP contribution in [-0.4, -0.2) is 4.98 Å². The first kappa shape index (κ1) is 26.3. The lowest BCUT2D eigenvalue weighted by atomic mass is 9.94. The summed E-state index contributed by atoms with van der Waals surface area (Å²) in [6.07, 6.45) is 0. The van der Waals surface area contributed by atoms with Crippen LogP contribution >= 0.6 is 22.7 Å². The van der Waals surface area contributed by atoms with Crippen LogP contribution in [-0.2, 0) is 10.8 Å². The molecule has 0 amide bonds. The smallest absolute Gasteiger partial charge is 0.0992 e. The standard InChI is InChI=1S/C12H14S.C11H13NS.2C2H6/c1-12(2,3)11-8-9-6-4-5-7-10(9)13-11;1-11(2,3)10-12-8-6-4-5-7-9(8)13-10;2*1-2/h4-8H,1-3H3;4-7H,1-3H3;2*1-2H3. The number of benzene rings is 2. The lowest BCUT2D eigenvalue weighted by Gasteiger charge is -2.14. The van der Waals surface area contributed by atoms with Crippen molar-refractivity contribution >= 4 is 43.0 Å². The number of nitrogens with zero attached hydrogens (tertiary/aromatic N) is 1. The molecular weight excluding hydrogens is 402 g/mol. The molecule has 0 saturated carbocycles. The van der Waals surface area contributed by atoms with Crippen LogP contribution in [0.25, 0.3) is 20.3 Å². The van der Waals surface area contributed by atoms with Gasteiger partial charge in [-0.1, -0.05) is 99.6 Å². The van der Waals surface area contributed by atoms with Crippen molar-refractivity contribution in [2.24, 2.45) is 0 Å². The van der Waals surface area contributed by atoms with E-state index in [2.05, 4.69) is 95.1 Å². The minimum absolute atomic E-state index is 0.170. The molecule has 0 aliphatic rings. The van der Waals surface area contributed by atoms with E-state index in [1.54, 1.807) is 11.3 Å². The van der Waals surface area contributed by atoms with E-state index >= 15 is 0 Å². The van der Waals surface area contributed by atoms with E-state index in [1.807, 2.05) is 45.1 Å². The fraction of sp³-hybridized carbons (Fsp3) is 0.444. The number of thiophene rings is 1. The molecule has 0 spiro atoms. The Balaban J connectivity index is 0.000000258. The second kappa shape index (κ2) is 11.6. The van der Waals surface area contributed by atoms with E-state index in [0.29, 0.717) is 0 Å². The Morgan fingerprint density at radius 3 is 1.67 bits per heavy atom. The SMILES string of the molecule is CC.CC.CC(C)(C)c1cc2ccccc2s1.CC(C)(C)c1nc2ccccc2s1. The molecule has 0 fully saturated rings. The Kier molecular flexibility index (Phi) is 10.2. The van der Waals surface area contributed by atoms with Crippen LogP contribution in [0, 0.1) is 0 Å². The topological polar surface area (TPSA) is 12.9 Å². The molecule has 0 aliphatic carbocycles. The minimum Gasteiger partial charge on any atom is -0.241 e. The molecule has 0 radical (unpaired) electrons. The number of fused-ring (bicyclic) bond motifs is 2. The number of hydrogen-bond donors (Lipinski definition) is 0. The van der Waals surface area contributed by atoms with Crippen molar-refractivity contribution in [3.63, 3.8) is 0 Å². The Labute approximate surface area is 192 Å². The van der Waals surface area contributed by atoms with Crippen molar-refractivity contribution in [3.8, 4) is 0 Å². The van der Waals surface area contributed by atoms with Crippen molar-refractivity contribution in [3.05, 3.63) is 64.5 Å². The van der Waals surface area contributed by atoms with Gasteiger partial charge >= 0.3 is 0 Å². The molecule has 4 aromatic rings. The van der Waals surface area contributed by atoms with Gasteiger partial charge in [-0.05, 0) is 35.1 Å². The summed E-state index contributed by atoms with van der Waals surface area (Å²) in [5, 5.41) is 2.59. The third kappa shape index (κ3) is 7.21. The van der Waals surface area contributed by atoms with E-state index in [4.69, 9.17) is 0 Å².